The minimum absolute atomic E-state index is 0.0673. The molecule has 0 atom stereocenters. The van der Waals surface area contributed by atoms with Crippen molar-refractivity contribution in [1.29, 1.82) is 0 Å². The van der Waals surface area contributed by atoms with Crippen molar-refractivity contribution in [2.24, 2.45) is 0 Å². The number of benzene rings is 1. The minimum Gasteiger partial charge on any atom is -0.493 e. The van der Waals surface area contributed by atoms with Gasteiger partial charge >= 0.3 is 0 Å². The lowest BCUT2D eigenvalue weighted by Gasteiger charge is -2.33. The van der Waals surface area contributed by atoms with Gasteiger partial charge in [0, 0.05) is 19.2 Å². The Labute approximate surface area is 123 Å². The molecule has 1 aromatic rings. The number of anilines is 1. The number of halogens is 1. The molecule has 0 amide bonds. The van der Waals surface area contributed by atoms with Gasteiger partial charge in [0.2, 0.25) is 0 Å². The first-order valence-corrected chi connectivity index (χ1v) is 7.17. The Morgan fingerprint density at radius 2 is 2.00 bits per heavy atom. The molecule has 6 heteroatoms. The molecule has 5 nitrogen and oxygen atoms in total. The Bertz CT molecular complexity index is 501. The molecule has 1 aromatic carbocycles. The Morgan fingerprint density at radius 1 is 1.35 bits per heavy atom. The van der Waals surface area contributed by atoms with E-state index in [1.165, 1.54) is 32.4 Å². The lowest BCUT2D eigenvalue weighted by Crippen LogP contribution is -2.33. The molecule has 1 aliphatic carbocycles. The van der Waals surface area contributed by atoms with Gasteiger partial charge < -0.3 is 9.64 Å². The van der Waals surface area contributed by atoms with E-state index < -0.39 is 4.92 Å². The highest BCUT2D eigenvalue weighted by Gasteiger charge is 2.25. The van der Waals surface area contributed by atoms with E-state index in [1.54, 1.807) is 6.07 Å². The molecule has 0 spiro atoms. The third-order valence-electron chi connectivity index (χ3n) is 3.96. The molecule has 110 valence electrons. The van der Waals surface area contributed by atoms with E-state index in [1.807, 2.05) is 7.05 Å². The molecule has 0 heterocycles. The summed E-state index contributed by atoms with van der Waals surface area (Å²) in [4.78, 5) is 12.6. The lowest BCUT2D eigenvalue weighted by molar-refractivity contribution is -0.384. The van der Waals surface area contributed by atoms with Crippen LogP contribution in [0.2, 0.25) is 5.02 Å². The summed E-state index contributed by atoms with van der Waals surface area (Å²) in [6.07, 6.45) is 5.99. The standard InChI is InChI=1S/C14H19ClN2O3/c1-16(10-6-4-3-5-7-10)12-9-8-11(17(18)19)13(15)14(12)20-2/h8-10H,3-7H2,1-2H3. The maximum atomic E-state index is 10.9. The van der Waals surface area contributed by atoms with Gasteiger partial charge in [0.25, 0.3) is 5.69 Å². The van der Waals surface area contributed by atoms with Crippen molar-refractivity contribution < 1.29 is 9.66 Å². The number of nitro benzene ring substituents is 1. The van der Waals surface area contributed by atoms with Gasteiger partial charge in [0.15, 0.2) is 10.8 Å². The number of nitrogens with zero attached hydrogens (tertiary/aromatic N) is 2. The van der Waals surface area contributed by atoms with Gasteiger partial charge in [0.05, 0.1) is 17.7 Å². The summed E-state index contributed by atoms with van der Waals surface area (Å²) in [6, 6.07) is 3.60. The SMILES string of the molecule is COc1c(N(C)C2CCCCC2)ccc([N+](=O)[O-])c1Cl. The first kappa shape index (κ1) is 14.9. The van der Waals surface area contributed by atoms with Crippen LogP contribution in [0.5, 0.6) is 5.75 Å². The zero-order valence-corrected chi connectivity index (χ0v) is 12.5. The van der Waals surface area contributed by atoms with Crippen molar-refractivity contribution in [3.63, 3.8) is 0 Å². The Kier molecular flexibility index (Phi) is 4.70. The molecule has 0 N–H and O–H groups in total. The smallest absolute Gasteiger partial charge is 0.291 e. The van der Waals surface area contributed by atoms with Gasteiger partial charge in [-0.2, -0.15) is 0 Å². The van der Waals surface area contributed by atoms with E-state index in [9.17, 15) is 10.1 Å². The molecule has 0 aliphatic heterocycles. The predicted octanol–water partition coefficient (Wildman–Crippen LogP) is 4.03. The third kappa shape index (κ3) is 2.82. The summed E-state index contributed by atoms with van der Waals surface area (Å²) >= 11 is 6.10. The van der Waals surface area contributed by atoms with E-state index in [0.29, 0.717) is 11.8 Å². The van der Waals surface area contributed by atoms with Crippen LogP contribution in [0.15, 0.2) is 12.1 Å². The summed E-state index contributed by atoms with van der Waals surface area (Å²) in [5.74, 6) is 0.383. The van der Waals surface area contributed by atoms with E-state index >= 15 is 0 Å². The van der Waals surface area contributed by atoms with E-state index in [4.69, 9.17) is 16.3 Å². The van der Waals surface area contributed by atoms with Gasteiger partial charge in [-0.3, -0.25) is 10.1 Å². The molecule has 20 heavy (non-hydrogen) atoms. The van der Waals surface area contributed by atoms with E-state index in [-0.39, 0.29) is 10.7 Å². The van der Waals surface area contributed by atoms with Gasteiger partial charge in [-0.15, -0.1) is 0 Å². The highest BCUT2D eigenvalue weighted by molar-refractivity contribution is 6.34. The fourth-order valence-electron chi connectivity index (χ4n) is 2.81. The van der Waals surface area contributed by atoms with Crippen LogP contribution in [0.1, 0.15) is 32.1 Å². The number of nitro groups is 1. The lowest BCUT2D eigenvalue weighted by atomic mass is 9.94. The van der Waals surface area contributed by atoms with Gasteiger partial charge in [-0.1, -0.05) is 30.9 Å². The van der Waals surface area contributed by atoms with Crippen LogP contribution in [0.4, 0.5) is 11.4 Å². The number of ether oxygens (including phenoxy) is 1. The van der Waals surface area contributed by atoms with Crippen LogP contribution < -0.4 is 9.64 Å². The second-order valence-corrected chi connectivity index (χ2v) is 5.49. The fourth-order valence-corrected chi connectivity index (χ4v) is 3.12. The second-order valence-electron chi connectivity index (χ2n) is 5.11. The average molecular weight is 299 g/mol. The van der Waals surface area contributed by atoms with Crippen molar-refractivity contribution in [3.8, 4) is 5.75 Å². The molecule has 0 bridgehead atoms. The van der Waals surface area contributed by atoms with E-state index in [2.05, 4.69) is 4.90 Å². The van der Waals surface area contributed by atoms with Gasteiger partial charge in [-0.05, 0) is 18.9 Å². The van der Waals surface area contributed by atoms with Crippen molar-refractivity contribution in [2.75, 3.05) is 19.1 Å². The van der Waals surface area contributed by atoms with Crippen LogP contribution in [0, 0.1) is 10.1 Å². The van der Waals surface area contributed by atoms with Crippen molar-refractivity contribution in [3.05, 3.63) is 27.3 Å². The molecule has 1 fully saturated rings. The maximum Gasteiger partial charge on any atom is 0.291 e. The summed E-state index contributed by atoms with van der Waals surface area (Å²) in [7, 11) is 3.49. The largest absolute Gasteiger partial charge is 0.493 e. The monoisotopic (exact) mass is 298 g/mol. The molecule has 0 unspecified atom stereocenters. The molecule has 0 radical (unpaired) electrons. The summed E-state index contributed by atoms with van der Waals surface area (Å²) in [6.45, 7) is 0. The minimum atomic E-state index is -0.491. The van der Waals surface area contributed by atoms with E-state index in [0.717, 1.165) is 18.5 Å². The average Bonchev–Trinajstić information content (AvgIpc) is 2.46. The molecular formula is C14H19ClN2O3. The number of methoxy groups -OCH3 is 1. The van der Waals surface area contributed by atoms with Crippen LogP contribution in [-0.4, -0.2) is 25.1 Å². The summed E-state index contributed by atoms with van der Waals surface area (Å²) in [5, 5.41) is 11.0. The van der Waals surface area contributed by atoms with Gasteiger partial charge in [-0.25, -0.2) is 0 Å². The van der Waals surface area contributed by atoms with Crippen LogP contribution in [0.25, 0.3) is 0 Å². The number of hydrogen-bond donors (Lipinski definition) is 0. The summed E-state index contributed by atoms with van der Waals surface area (Å²) in [5.41, 5.74) is 0.694. The Morgan fingerprint density at radius 3 is 2.55 bits per heavy atom. The van der Waals surface area contributed by atoms with Crippen LogP contribution in [0.3, 0.4) is 0 Å². The number of hydrogen-bond acceptors (Lipinski definition) is 4. The first-order valence-electron chi connectivity index (χ1n) is 6.80. The Hall–Kier alpha value is -1.49. The molecule has 2 rings (SSSR count). The zero-order chi connectivity index (χ0) is 14.7. The van der Waals surface area contributed by atoms with Gasteiger partial charge in [0.1, 0.15) is 0 Å². The first-order chi connectivity index (χ1) is 9.56. The third-order valence-corrected chi connectivity index (χ3v) is 4.32. The molecule has 1 aliphatic rings. The van der Waals surface area contributed by atoms with Crippen molar-refractivity contribution >= 4 is 23.0 Å². The maximum absolute atomic E-state index is 10.9. The quantitative estimate of drug-likeness (QED) is 0.622. The zero-order valence-electron chi connectivity index (χ0n) is 11.8. The predicted molar refractivity (Wildman–Crippen MR) is 79.9 cm³/mol. The fraction of sp³-hybridized carbons (Fsp3) is 0.571. The summed E-state index contributed by atoms with van der Waals surface area (Å²) < 4.78 is 5.30. The normalized spacial score (nSPS) is 15.9. The molecule has 0 saturated heterocycles. The highest BCUT2D eigenvalue weighted by Crippen LogP contribution is 2.42. The second kappa shape index (κ2) is 6.31. The topological polar surface area (TPSA) is 55.6 Å². The molecular weight excluding hydrogens is 280 g/mol. The highest BCUT2D eigenvalue weighted by atomic mass is 35.5. The van der Waals surface area contributed by atoms with Crippen molar-refractivity contribution in [1.82, 2.24) is 0 Å². The Balaban J connectivity index is 2.35. The van der Waals surface area contributed by atoms with Crippen LogP contribution >= 0.6 is 11.6 Å². The molecule has 1 saturated carbocycles. The molecule has 0 aromatic heterocycles. The van der Waals surface area contributed by atoms with Crippen molar-refractivity contribution in [2.45, 2.75) is 38.1 Å². The number of rotatable bonds is 4. The van der Waals surface area contributed by atoms with Crippen LogP contribution in [-0.2, 0) is 0 Å².